The minimum Gasteiger partial charge on any atom is -0.293 e. The Morgan fingerprint density at radius 2 is 1.53 bits per heavy atom. The van der Waals surface area contributed by atoms with E-state index in [9.17, 15) is 0 Å². The highest BCUT2D eigenvalue weighted by Gasteiger charge is 2.38. The minimum atomic E-state index is 0.836. The standard InChI is InChI=1S/C13H16ClN/c14-11-3-1-10(2-4-11)9-15-12-5-6-13(15)8-7-12/h1-4,12-13H,5-9H2. The van der Waals surface area contributed by atoms with Gasteiger partial charge in [-0.05, 0) is 43.4 Å². The van der Waals surface area contributed by atoms with Crippen molar-refractivity contribution in [3.05, 3.63) is 34.9 Å². The lowest BCUT2D eigenvalue weighted by Crippen LogP contribution is -2.27. The molecular formula is C13H16ClN. The van der Waals surface area contributed by atoms with E-state index < -0.39 is 0 Å². The fourth-order valence-electron chi connectivity index (χ4n) is 3.08. The largest absolute Gasteiger partial charge is 0.293 e. The van der Waals surface area contributed by atoms with Crippen LogP contribution in [0, 0.1) is 0 Å². The molecule has 0 aliphatic carbocycles. The molecule has 0 amide bonds. The molecule has 0 aromatic heterocycles. The summed E-state index contributed by atoms with van der Waals surface area (Å²) in [7, 11) is 0. The average molecular weight is 222 g/mol. The van der Waals surface area contributed by atoms with E-state index in [-0.39, 0.29) is 0 Å². The zero-order chi connectivity index (χ0) is 10.3. The van der Waals surface area contributed by atoms with Crippen LogP contribution in [0.4, 0.5) is 0 Å². The smallest absolute Gasteiger partial charge is 0.0406 e. The highest BCUT2D eigenvalue weighted by Crippen LogP contribution is 2.38. The molecule has 0 spiro atoms. The molecule has 0 radical (unpaired) electrons. The molecule has 0 N–H and O–H groups in total. The number of benzene rings is 1. The van der Waals surface area contributed by atoms with Crippen LogP contribution < -0.4 is 0 Å². The lowest BCUT2D eigenvalue weighted by atomic mass is 10.0. The zero-order valence-corrected chi connectivity index (χ0v) is 9.58. The van der Waals surface area contributed by atoms with Gasteiger partial charge in [-0.2, -0.15) is 0 Å². The Morgan fingerprint density at radius 3 is 2.07 bits per heavy atom. The molecule has 0 atom stereocenters. The molecule has 2 aliphatic rings. The van der Waals surface area contributed by atoms with Gasteiger partial charge in [-0.1, -0.05) is 23.7 Å². The highest BCUT2D eigenvalue weighted by molar-refractivity contribution is 6.30. The molecule has 1 aromatic rings. The molecule has 3 rings (SSSR count). The molecule has 0 saturated carbocycles. The van der Waals surface area contributed by atoms with Gasteiger partial charge in [0, 0.05) is 23.7 Å². The van der Waals surface area contributed by atoms with Gasteiger partial charge in [0.2, 0.25) is 0 Å². The van der Waals surface area contributed by atoms with Crippen LogP contribution in [-0.4, -0.2) is 17.0 Å². The van der Waals surface area contributed by atoms with Crippen molar-refractivity contribution in [3.63, 3.8) is 0 Å². The summed E-state index contributed by atoms with van der Waals surface area (Å²) in [5.74, 6) is 0. The Balaban J connectivity index is 1.73. The third-order valence-corrected chi connectivity index (χ3v) is 4.13. The van der Waals surface area contributed by atoms with Crippen LogP contribution >= 0.6 is 11.6 Å². The van der Waals surface area contributed by atoms with Gasteiger partial charge in [0.05, 0.1) is 0 Å². The van der Waals surface area contributed by atoms with Crippen molar-refractivity contribution in [2.45, 2.75) is 44.3 Å². The average Bonchev–Trinajstić information content (AvgIpc) is 2.81. The molecule has 2 heterocycles. The Morgan fingerprint density at radius 1 is 1.00 bits per heavy atom. The van der Waals surface area contributed by atoms with Gasteiger partial charge in [-0.25, -0.2) is 0 Å². The molecule has 2 aliphatic heterocycles. The van der Waals surface area contributed by atoms with Crippen molar-refractivity contribution in [3.8, 4) is 0 Å². The van der Waals surface area contributed by atoms with Gasteiger partial charge in [0.1, 0.15) is 0 Å². The number of fused-ring (bicyclic) bond motifs is 2. The first-order valence-electron chi connectivity index (χ1n) is 5.83. The summed E-state index contributed by atoms with van der Waals surface area (Å²) in [4.78, 5) is 2.68. The van der Waals surface area contributed by atoms with E-state index in [1.165, 1.54) is 31.2 Å². The lowest BCUT2D eigenvalue weighted by molar-refractivity contribution is 0.244. The minimum absolute atomic E-state index is 0.836. The maximum atomic E-state index is 5.88. The number of nitrogens with zero attached hydrogens (tertiary/aromatic N) is 1. The molecule has 2 heteroatoms. The van der Waals surface area contributed by atoms with E-state index in [4.69, 9.17) is 11.6 Å². The van der Waals surface area contributed by atoms with Crippen molar-refractivity contribution in [1.29, 1.82) is 0 Å². The maximum Gasteiger partial charge on any atom is 0.0406 e. The van der Waals surface area contributed by atoms with Crippen molar-refractivity contribution in [1.82, 2.24) is 4.90 Å². The maximum absolute atomic E-state index is 5.88. The first-order valence-corrected chi connectivity index (χ1v) is 6.21. The molecule has 1 nitrogen and oxygen atoms in total. The quantitative estimate of drug-likeness (QED) is 0.739. The molecule has 2 saturated heterocycles. The zero-order valence-electron chi connectivity index (χ0n) is 8.82. The topological polar surface area (TPSA) is 3.24 Å². The highest BCUT2D eigenvalue weighted by atomic mass is 35.5. The molecule has 2 bridgehead atoms. The second kappa shape index (κ2) is 3.80. The molecule has 80 valence electrons. The van der Waals surface area contributed by atoms with Gasteiger partial charge in [0.15, 0.2) is 0 Å². The van der Waals surface area contributed by atoms with Gasteiger partial charge in [-0.15, -0.1) is 0 Å². The van der Waals surface area contributed by atoms with E-state index in [1.807, 2.05) is 12.1 Å². The van der Waals surface area contributed by atoms with Gasteiger partial charge >= 0.3 is 0 Å². The summed E-state index contributed by atoms with van der Waals surface area (Å²) in [5, 5.41) is 0.836. The van der Waals surface area contributed by atoms with Crippen LogP contribution in [0.3, 0.4) is 0 Å². The van der Waals surface area contributed by atoms with Gasteiger partial charge in [-0.3, -0.25) is 4.90 Å². The second-order valence-electron chi connectivity index (χ2n) is 4.76. The monoisotopic (exact) mass is 221 g/mol. The third-order valence-electron chi connectivity index (χ3n) is 3.88. The van der Waals surface area contributed by atoms with Crippen LogP contribution in [0.1, 0.15) is 31.2 Å². The van der Waals surface area contributed by atoms with Crippen LogP contribution in [0.25, 0.3) is 0 Å². The van der Waals surface area contributed by atoms with Crippen molar-refractivity contribution < 1.29 is 0 Å². The Bertz CT molecular complexity index is 326. The third kappa shape index (κ3) is 1.79. The van der Waals surface area contributed by atoms with Gasteiger partial charge in [0.25, 0.3) is 0 Å². The fourth-order valence-corrected chi connectivity index (χ4v) is 3.20. The normalized spacial score (nSPS) is 29.9. The van der Waals surface area contributed by atoms with Crippen LogP contribution in [-0.2, 0) is 6.54 Å². The number of hydrogen-bond acceptors (Lipinski definition) is 1. The molecule has 15 heavy (non-hydrogen) atoms. The summed E-state index contributed by atoms with van der Waals surface area (Å²) in [6.45, 7) is 1.12. The Hall–Kier alpha value is -0.530. The van der Waals surface area contributed by atoms with E-state index >= 15 is 0 Å². The molecular weight excluding hydrogens is 206 g/mol. The number of halogens is 1. The van der Waals surface area contributed by atoms with Crippen LogP contribution in [0.5, 0.6) is 0 Å². The summed E-state index contributed by atoms with van der Waals surface area (Å²) in [6, 6.07) is 10.0. The molecule has 0 unspecified atom stereocenters. The summed E-state index contributed by atoms with van der Waals surface area (Å²) < 4.78 is 0. The van der Waals surface area contributed by atoms with E-state index in [0.29, 0.717) is 0 Å². The summed E-state index contributed by atoms with van der Waals surface area (Å²) >= 11 is 5.88. The van der Waals surface area contributed by atoms with Gasteiger partial charge < -0.3 is 0 Å². The summed E-state index contributed by atoms with van der Waals surface area (Å²) in [5.41, 5.74) is 1.40. The first kappa shape index (κ1) is 9.68. The predicted octanol–water partition coefficient (Wildman–Crippen LogP) is 3.47. The second-order valence-corrected chi connectivity index (χ2v) is 5.20. The first-order chi connectivity index (χ1) is 7.33. The number of hydrogen-bond donors (Lipinski definition) is 0. The van der Waals surface area contributed by atoms with E-state index in [1.54, 1.807) is 0 Å². The molecule has 1 aromatic carbocycles. The van der Waals surface area contributed by atoms with E-state index in [0.717, 1.165) is 23.7 Å². The van der Waals surface area contributed by atoms with Crippen molar-refractivity contribution >= 4 is 11.6 Å². The molecule has 2 fully saturated rings. The fraction of sp³-hybridized carbons (Fsp3) is 0.538. The van der Waals surface area contributed by atoms with Crippen molar-refractivity contribution in [2.75, 3.05) is 0 Å². The lowest BCUT2D eigenvalue weighted by Gasteiger charge is -2.21. The number of rotatable bonds is 2. The van der Waals surface area contributed by atoms with Crippen LogP contribution in [0.15, 0.2) is 24.3 Å². The summed E-state index contributed by atoms with van der Waals surface area (Å²) in [6.07, 6.45) is 5.66. The Kier molecular flexibility index (Phi) is 2.45. The predicted molar refractivity (Wildman–Crippen MR) is 63.0 cm³/mol. The van der Waals surface area contributed by atoms with E-state index in [2.05, 4.69) is 17.0 Å². The van der Waals surface area contributed by atoms with Crippen LogP contribution in [0.2, 0.25) is 5.02 Å². The van der Waals surface area contributed by atoms with Crippen molar-refractivity contribution in [2.24, 2.45) is 0 Å². The SMILES string of the molecule is Clc1ccc(CN2C3CCC2CC3)cc1. The Labute approximate surface area is 96.0 Å².